The average Bonchev–Trinajstić information content (AvgIpc) is 2.42. The number of fused-ring (bicyclic) bond motifs is 1. The molecular weight excluding hydrogens is 177 g/mol. The van der Waals surface area contributed by atoms with Crippen molar-refractivity contribution in [1.29, 1.82) is 0 Å². The minimum atomic E-state index is -1.15. The Labute approximate surface area is 84.4 Å². The second-order valence-electron chi connectivity index (χ2n) is 4.62. The highest BCUT2D eigenvalue weighted by molar-refractivity contribution is 5.36. The van der Waals surface area contributed by atoms with Crippen LogP contribution in [0.25, 0.3) is 0 Å². The molecule has 2 rings (SSSR count). The quantitative estimate of drug-likeness (QED) is 0.666. The molecule has 1 aliphatic rings. The van der Waals surface area contributed by atoms with Crippen LogP contribution >= 0.6 is 0 Å². The van der Waals surface area contributed by atoms with Gasteiger partial charge in [0.1, 0.15) is 5.67 Å². The zero-order valence-corrected chi connectivity index (χ0v) is 8.97. The average molecular weight is 193 g/mol. The van der Waals surface area contributed by atoms with Crippen LogP contribution in [0.4, 0.5) is 4.39 Å². The molecule has 0 fully saturated rings. The van der Waals surface area contributed by atoms with E-state index >= 15 is 0 Å². The van der Waals surface area contributed by atoms with Gasteiger partial charge in [0, 0.05) is 17.5 Å². The van der Waals surface area contributed by atoms with Crippen LogP contribution in [0.3, 0.4) is 0 Å². The summed E-state index contributed by atoms with van der Waals surface area (Å²) in [6.07, 6.45) is 3.17. The maximum absolute atomic E-state index is 13.9. The van der Waals surface area contributed by atoms with Crippen molar-refractivity contribution in [2.24, 2.45) is 0 Å². The molecule has 0 saturated heterocycles. The van der Waals surface area contributed by atoms with E-state index in [4.69, 9.17) is 0 Å². The van der Waals surface area contributed by atoms with Crippen LogP contribution in [-0.4, -0.2) is 4.98 Å². The minimum absolute atomic E-state index is 0.423. The van der Waals surface area contributed by atoms with Gasteiger partial charge in [0.25, 0.3) is 0 Å². The number of alkyl halides is 1. The van der Waals surface area contributed by atoms with E-state index in [2.05, 4.69) is 24.9 Å². The summed E-state index contributed by atoms with van der Waals surface area (Å²) in [4.78, 5) is 4.31. The van der Waals surface area contributed by atoms with Crippen molar-refractivity contribution in [2.45, 2.75) is 45.2 Å². The lowest BCUT2D eigenvalue weighted by molar-refractivity contribution is 0.193. The molecule has 1 heterocycles. The summed E-state index contributed by atoms with van der Waals surface area (Å²) in [6.45, 7) is 5.87. The van der Waals surface area contributed by atoms with E-state index in [1.54, 1.807) is 13.1 Å². The standard InChI is InChI=1S/C12H16FN/c1-8(2)11-6-9-4-5-12(3,13)10(9)7-14-11/h6-8H,4-5H2,1-3H3. The fourth-order valence-corrected chi connectivity index (χ4v) is 2.01. The highest BCUT2D eigenvalue weighted by atomic mass is 19.1. The first-order valence-corrected chi connectivity index (χ1v) is 5.19. The van der Waals surface area contributed by atoms with Gasteiger partial charge < -0.3 is 0 Å². The van der Waals surface area contributed by atoms with Gasteiger partial charge in [-0.3, -0.25) is 4.98 Å². The van der Waals surface area contributed by atoms with Gasteiger partial charge >= 0.3 is 0 Å². The SMILES string of the molecule is CC(C)c1cc2c(cn1)C(C)(F)CC2. The highest BCUT2D eigenvalue weighted by Crippen LogP contribution is 2.39. The van der Waals surface area contributed by atoms with Crippen LogP contribution < -0.4 is 0 Å². The summed E-state index contributed by atoms with van der Waals surface area (Å²) in [6, 6.07) is 2.06. The molecule has 0 aromatic carbocycles. The lowest BCUT2D eigenvalue weighted by Gasteiger charge is -2.14. The van der Waals surface area contributed by atoms with Crippen molar-refractivity contribution >= 4 is 0 Å². The summed E-state index contributed by atoms with van der Waals surface area (Å²) in [5.74, 6) is 0.423. The zero-order chi connectivity index (χ0) is 10.3. The molecule has 1 aromatic rings. The Morgan fingerprint density at radius 3 is 2.86 bits per heavy atom. The van der Waals surface area contributed by atoms with E-state index < -0.39 is 5.67 Å². The number of nitrogens with zero attached hydrogens (tertiary/aromatic N) is 1. The number of aromatic nitrogens is 1. The number of hydrogen-bond donors (Lipinski definition) is 0. The number of rotatable bonds is 1. The third-order valence-corrected chi connectivity index (χ3v) is 3.03. The van der Waals surface area contributed by atoms with Gasteiger partial charge in [-0.15, -0.1) is 0 Å². The van der Waals surface area contributed by atoms with Gasteiger partial charge in [-0.05, 0) is 37.3 Å². The molecule has 1 nitrogen and oxygen atoms in total. The molecule has 0 aliphatic heterocycles. The van der Waals surface area contributed by atoms with Gasteiger partial charge in [-0.2, -0.15) is 0 Å². The first kappa shape index (κ1) is 9.63. The van der Waals surface area contributed by atoms with Crippen LogP contribution in [-0.2, 0) is 12.1 Å². The molecule has 2 heteroatoms. The van der Waals surface area contributed by atoms with Crippen LogP contribution in [0.2, 0.25) is 0 Å². The summed E-state index contributed by atoms with van der Waals surface area (Å²) < 4.78 is 13.9. The third-order valence-electron chi connectivity index (χ3n) is 3.03. The summed E-state index contributed by atoms with van der Waals surface area (Å²) in [7, 11) is 0. The minimum Gasteiger partial charge on any atom is -0.261 e. The monoisotopic (exact) mass is 193 g/mol. The molecule has 0 N–H and O–H groups in total. The van der Waals surface area contributed by atoms with E-state index in [0.717, 1.165) is 23.2 Å². The van der Waals surface area contributed by atoms with Crippen molar-refractivity contribution in [3.63, 3.8) is 0 Å². The second-order valence-corrected chi connectivity index (χ2v) is 4.62. The van der Waals surface area contributed by atoms with Gasteiger partial charge in [0.15, 0.2) is 0 Å². The third kappa shape index (κ3) is 1.43. The predicted molar refractivity (Wildman–Crippen MR) is 55.1 cm³/mol. The maximum Gasteiger partial charge on any atom is 0.135 e. The van der Waals surface area contributed by atoms with Crippen LogP contribution in [0.15, 0.2) is 12.3 Å². The summed E-state index contributed by atoms with van der Waals surface area (Å²) in [5.41, 5.74) is 1.86. The van der Waals surface area contributed by atoms with E-state index in [1.807, 2.05) is 0 Å². The molecular formula is C12H16FN. The molecule has 1 aromatic heterocycles. The molecule has 76 valence electrons. The molecule has 1 aliphatic carbocycles. The van der Waals surface area contributed by atoms with Crippen LogP contribution in [0.5, 0.6) is 0 Å². The second kappa shape index (κ2) is 3.04. The van der Waals surface area contributed by atoms with Crippen molar-refractivity contribution in [3.8, 4) is 0 Å². The fourth-order valence-electron chi connectivity index (χ4n) is 2.01. The molecule has 0 saturated carbocycles. The van der Waals surface area contributed by atoms with Gasteiger partial charge in [-0.25, -0.2) is 4.39 Å². The Balaban J connectivity index is 2.44. The Morgan fingerprint density at radius 1 is 1.50 bits per heavy atom. The first-order chi connectivity index (χ1) is 6.50. The van der Waals surface area contributed by atoms with E-state index in [-0.39, 0.29) is 0 Å². The van der Waals surface area contributed by atoms with Crippen LogP contribution in [0.1, 0.15) is 49.9 Å². The van der Waals surface area contributed by atoms with E-state index in [9.17, 15) is 4.39 Å². The Morgan fingerprint density at radius 2 is 2.21 bits per heavy atom. The first-order valence-electron chi connectivity index (χ1n) is 5.19. The molecule has 0 amide bonds. The molecule has 1 atom stereocenters. The van der Waals surface area contributed by atoms with E-state index in [0.29, 0.717) is 12.3 Å². The van der Waals surface area contributed by atoms with Gasteiger partial charge in [0.05, 0.1) is 0 Å². The number of pyridine rings is 1. The molecule has 0 bridgehead atoms. The maximum atomic E-state index is 13.9. The van der Waals surface area contributed by atoms with Crippen molar-refractivity contribution in [2.75, 3.05) is 0 Å². The largest absolute Gasteiger partial charge is 0.261 e. The zero-order valence-electron chi connectivity index (χ0n) is 8.97. The van der Waals surface area contributed by atoms with Crippen molar-refractivity contribution in [1.82, 2.24) is 4.98 Å². The van der Waals surface area contributed by atoms with Crippen LogP contribution in [0, 0.1) is 0 Å². The molecule has 0 radical (unpaired) electrons. The van der Waals surface area contributed by atoms with Gasteiger partial charge in [0.2, 0.25) is 0 Å². The lowest BCUT2D eigenvalue weighted by Crippen LogP contribution is -2.10. The smallest absolute Gasteiger partial charge is 0.135 e. The molecule has 14 heavy (non-hydrogen) atoms. The highest BCUT2D eigenvalue weighted by Gasteiger charge is 2.34. The number of hydrogen-bond acceptors (Lipinski definition) is 1. The Hall–Kier alpha value is -0.920. The number of halogens is 1. The molecule has 0 spiro atoms. The Bertz CT molecular complexity index is 355. The lowest BCUT2D eigenvalue weighted by atomic mass is 10.0. The topological polar surface area (TPSA) is 12.9 Å². The normalized spacial score (nSPS) is 25.5. The number of aryl methyl sites for hydroxylation is 1. The predicted octanol–water partition coefficient (Wildman–Crippen LogP) is 3.34. The van der Waals surface area contributed by atoms with Crippen molar-refractivity contribution in [3.05, 3.63) is 29.1 Å². The van der Waals surface area contributed by atoms with Crippen molar-refractivity contribution < 1.29 is 4.39 Å². The fraction of sp³-hybridized carbons (Fsp3) is 0.583. The van der Waals surface area contributed by atoms with Gasteiger partial charge in [-0.1, -0.05) is 13.8 Å². The summed E-state index contributed by atoms with van der Waals surface area (Å²) >= 11 is 0. The Kier molecular flexibility index (Phi) is 2.09. The summed E-state index contributed by atoms with van der Waals surface area (Å²) in [5, 5.41) is 0. The molecule has 1 unspecified atom stereocenters. The van der Waals surface area contributed by atoms with E-state index in [1.165, 1.54) is 0 Å².